The Labute approximate surface area is 125 Å². The number of aryl methyl sites for hydroxylation is 1. The Kier molecular flexibility index (Phi) is 4.55. The van der Waals surface area contributed by atoms with Crippen molar-refractivity contribution >= 4 is 17.3 Å². The molecule has 0 amide bonds. The van der Waals surface area contributed by atoms with E-state index in [-0.39, 0.29) is 22.8 Å². The van der Waals surface area contributed by atoms with E-state index in [4.69, 9.17) is 15.1 Å². The van der Waals surface area contributed by atoms with Gasteiger partial charge >= 0.3 is 5.97 Å². The summed E-state index contributed by atoms with van der Waals surface area (Å²) in [6.45, 7) is 1.94. The van der Waals surface area contributed by atoms with Crippen molar-refractivity contribution < 1.29 is 19.0 Å². The molecule has 1 aromatic carbocycles. The second kappa shape index (κ2) is 6.37. The molecule has 0 fully saturated rings. The molecule has 1 aromatic heterocycles. The molecule has 0 aliphatic rings. The van der Waals surface area contributed by atoms with Crippen LogP contribution in [0.2, 0.25) is 0 Å². The van der Waals surface area contributed by atoms with Gasteiger partial charge in [0.1, 0.15) is 18.2 Å². The van der Waals surface area contributed by atoms with Crippen molar-refractivity contribution in [3.63, 3.8) is 0 Å². The third kappa shape index (κ3) is 3.38. The SMILES string of the molecule is CCc1cc(OCc2ccc(F)cc2C#N)c(C(=O)O)s1. The van der Waals surface area contributed by atoms with Crippen LogP contribution in [0.1, 0.15) is 32.6 Å². The molecule has 108 valence electrons. The zero-order valence-electron chi connectivity index (χ0n) is 11.2. The summed E-state index contributed by atoms with van der Waals surface area (Å²) in [7, 11) is 0. The van der Waals surface area contributed by atoms with Crippen molar-refractivity contribution in [3.05, 3.63) is 51.0 Å². The van der Waals surface area contributed by atoms with Crippen molar-refractivity contribution in [1.29, 1.82) is 5.26 Å². The Morgan fingerprint density at radius 1 is 1.48 bits per heavy atom. The highest BCUT2D eigenvalue weighted by Gasteiger charge is 2.16. The Bertz CT molecular complexity index is 718. The Balaban J connectivity index is 2.22. The zero-order chi connectivity index (χ0) is 15.4. The molecule has 0 aliphatic carbocycles. The van der Waals surface area contributed by atoms with E-state index in [0.29, 0.717) is 12.0 Å². The van der Waals surface area contributed by atoms with Gasteiger partial charge in [0.15, 0.2) is 4.88 Å². The van der Waals surface area contributed by atoms with Gasteiger partial charge in [-0.05, 0) is 24.6 Å². The zero-order valence-corrected chi connectivity index (χ0v) is 12.0. The standard InChI is InChI=1S/C15H12FNO3S/c1-2-12-6-13(14(21-12)15(18)19)20-8-9-3-4-11(16)5-10(9)7-17/h3-6H,2,8H2,1H3,(H,18,19). The molecular formula is C15H12FNO3S. The van der Waals surface area contributed by atoms with E-state index in [1.807, 2.05) is 13.0 Å². The smallest absolute Gasteiger partial charge is 0.349 e. The second-order valence-corrected chi connectivity index (χ2v) is 5.40. The molecule has 0 bridgehead atoms. The molecule has 4 nitrogen and oxygen atoms in total. The predicted octanol–water partition coefficient (Wildman–Crippen LogP) is 3.60. The largest absolute Gasteiger partial charge is 0.487 e. The molecule has 6 heteroatoms. The van der Waals surface area contributed by atoms with Crippen LogP contribution in [0.3, 0.4) is 0 Å². The molecule has 1 heterocycles. The molecule has 0 saturated carbocycles. The fourth-order valence-corrected chi connectivity index (χ4v) is 2.67. The molecule has 0 radical (unpaired) electrons. The van der Waals surface area contributed by atoms with Crippen LogP contribution in [0.15, 0.2) is 24.3 Å². The number of nitrogens with zero attached hydrogens (tertiary/aromatic N) is 1. The number of hydrogen-bond acceptors (Lipinski definition) is 4. The molecule has 0 aliphatic heterocycles. The minimum Gasteiger partial charge on any atom is -0.487 e. The molecule has 0 atom stereocenters. The van der Waals surface area contributed by atoms with E-state index in [1.165, 1.54) is 23.5 Å². The number of carboxylic acid groups (broad SMARTS) is 1. The lowest BCUT2D eigenvalue weighted by Gasteiger charge is -2.07. The van der Waals surface area contributed by atoms with Crippen molar-refractivity contribution in [2.45, 2.75) is 20.0 Å². The van der Waals surface area contributed by atoms with Crippen LogP contribution in [-0.4, -0.2) is 11.1 Å². The molecule has 0 spiro atoms. The highest BCUT2D eigenvalue weighted by molar-refractivity contribution is 7.14. The first kappa shape index (κ1) is 15.0. The fraction of sp³-hybridized carbons (Fsp3) is 0.200. The molecular weight excluding hydrogens is 293 g/mol. The number of thiophene rings is 1. The van der Waals surface area contributed by atoms with Crippen LogP contribution in [0, 0.1) is 17.1 Å². The summed E-state index contributed by atoms with van der Waals surface area (Å²) in [6.07, 6.45) is 0.717. The fourth-order valence-electron chi connectivity index (χ4n) is 1.79. The third-order valence-corrected chi connectivity index (χ3v) is 4.12. The highest BCUT2D eigenvalue weighted by atomic mass is 32.1. The summed E-state index contributed by atoms with van der Waals surface area (Å²) in [4.78, 5) is 12.2. The van der Waals surface area contributed by atoms with Gasteiger partial charge in [0.25, 0.3) is 0 Å². The summed E-state index contributed by atoms with van der Waals surface area (Å²) in [6, 6.07) is 7.40. The van der Waals surface area contributed by atoms with Gasteiger partial charge in [-0.1, -0.05) is 13.0 Å². The van der Waals surface area contributed by atoms with Gasteiger partial charge in [-0.25, -0.2) is 9.18 Å². The maximum absolute atomic E-state index is 13.0. The molecule has 0 saturated heterocycles. The van der Waals surface area contributed by atoms with Crippen molar-refractivity contribution in [3.8, 4) is 11.8 Å². The van der Waals surface area contributed by atoms with Crippen LogP contribution in [0.4, 0.5) is 4.39 Å². The van der Waals surface area contributed by atoms with E-state index in [1.54, 1.807) is 6.07 Å². The number of halogens is 1. The van der Waals surface area contributed by atoms with Crippen molar-refractivity contribution in [2.75, 3.05) is 0 Å². The number of nitriles is 1. The van der Waals surface area contributed by atoms with Gasteiger partial charge in [-0.3, -0.25) is 0 Å². The molecule has 2 rings (SSSR count). The molecule has 2 aromatic rings. The monoisotopic (exact) mass is 305 g/mol. The maximum atomic E-state index is 13.0. The Hall–Kier alpha value is -2.39. The third-order valence-electron chi connectivity index (χ3n) is 2.87. The van der Waals surface area contributed by atoms with Gasteiger partial charge in [0, 0.05) is 10.4 Å². The van der Waals surface area contributed by atoms with Gasteiger partial charge in [-0.15, -0.1) is 11.3 Å². The average molecular weight is 305 g/mol. The van der Waals surface area contributed by atoms with Crippen LogP contribution >= 0.6 is 11.3 Å². The number of ether oxygens (including phenoxy) is 1. The average Bonchev–Trinajstić information content (AvgIpc) is 2.89. The lowest BCUT2D eigenvalue weighted by Crippen LogP contribution is -2.02. The van der Waals surface area contributed by atoms with Crippen LogP contribution in [0.5, 0.6) is 5.75 Å². The van der Waals surface area contributed by atoms with Crippen LogP contribution in [0.25, 0.3) is 0 Å². The van der Waals surface area contributed by atoms with E-state index >= 15 is 0 Å². The van der Waals surface area contributed by atoms with Crippen molar-refractivity contribution in [2.24, 2.45) is 0 Å². The van der Waals surface area contributed by atoms with Gasteiger partial charge in [0.2, 0.25) is 0 Å². The lowest BCUT2D eigenvalue weighted by atomic mass is 10.1. The molecule has 0 unspecified atom stereocenters. The number of carbonyl (C=O) groups is 1. The first-order valence-corrected chi connectivity index (χ1v) is 7.04. The summed E-state index contributed by atoms with van der Waals surface area (Å²) in [5.74, 6) is -1.27. The van der Waals surface area contributed by atoms with Gasteiger partial charge in [-0.2, -0.15) is 5.26 Å². The Morgan fingerprint density at radius 3 is 2.86 bits per heavy atom. The topological polar surface area (TPSA) is 70.3 Å². The van der Waals surface area contributed by atoms with Crippen LogP contribution in [-0.2, 0) is 13.0 Å². The van der Waals surface area contributed by atoms with Gasteiger partial charge in [0.05, 0.1) is 11.6 Å². The minimum absolute atomic E-state index is 0.0172. The summed E-state index contributed by atoms with van der Waals surface area (Å²) < 4.78 is 18.6. The summed E-state index contributed by atoms with van der Waals surface area (Å²) in [5.41, 5.74) is 0.692. The normalized spacial score (nSPS) is 10.1. The predicted molar refractivity (Wildman–Crippen MR) is 76.1 cm³/mol. The highest BCUT2D eigenvalue weighted by Crippen LogP contribution is 2.30. The maximum Gasteiger partial charge on any atom is 0.349 e. The lowest BCUT2D eigenvalue weighted by molar-refractivity contribution is 0.0697. The first-order valence-electron chi connectivity index (χ1n) is 6.22. The van der Waals surface area contributed by atoms with E-state index < -0.39 is 11.8 Å². The second-order valence-electron chi connectivity index (χ2n) is 4.27. The number of aromatic carboxylic acids is 1. The number of benzene rings is 1. The van der Waals surface area contributed by atoms with Crippen LogP contribution < -0.4 is 4.74 Å². The Morgan fingerprint density at radius 2 is 2.24 bits per heavy atom. The molecule has 1 N–H and O–H groups in total. The van der Waals surface area contributed by atoms with Crippen molar-refractivity contribution in [1.82, 2.24) is 0 Å². The van der Waals surface area contributed by atoms with E-state index in [2.05, 4.69) is 0 Å². The first-order chi connectivity index (χ1) is 10.0. The molecule has 21 heavy (non-hydrogen) atoms. The van der Waals surface area contributed by atoms with E-state index in [0.717, 1.165) is 10.9 Å². The number of hydrogen-bond donors (Lipinski definition) is 1. The number of rotatable bonds is 5. The minimum atomic E-state index is -1.05. The quantitative estimate of drug-likeness (QED) is 0.916. The number of carboxylic acids is 1. The summed E-state index contributed by atoms with van der Waals surface area (Å²) in [5, 5.41) is 18.1. The van der Waals surface area contributed by atoms with E-state index in [9.17, 15) is 9.18 Å². The summed E-state index contributed by atoms with van der Waals surface area (Å²) >= 11 is 1.17. The van der Waals surface area contributed by atoms with Gasteiger partial charge < -0.3 is 9.84 Å².